The Morgan fingerprint density at radius 3 is 3.00 bits per heavy atom. The summed E-state index contributed by atoms with van der Waals surface area (Å²) in [5.74, 6) is 2.17. The van der Waals surface area contributed by atoms with E-state index < -0.39 is 0 Å². The second-order valence-electron chi connectivity index (χ2n) is 4.15. The molecule has 2 rings (SSSR count). The van der Waals surface area contributed by atoms with Crippen molar-refractivity contribution in [2.75, 3.05) is 43.4 Å². The zero-order valence-electron chi connectivity index (χ0n) is 10.3. The minimum absolute atomic E-state index is 0.195. The molecule has 98 valence electrons. The first-order valence-electron chi connectivity index (χ1n) is 6.06. The van der Waals surface area contributed by atoms with Gasteiger partial charge in [-0.3, -0.25) is 9.69 Å². The maximum atomic E-state index is 11.8. The average Bonchev–Trinajstić information content (AvgIpc) is 2.40. The molecule has 0 atom stereocenters. The summed E-state index contributed by atoms with van der Waals surface area (Å²) in [6.07, 6.45) is 1.58. The Morgan fingerprint density at radius 1 is 1.50 bits per heavy atom. The highest BCUT2D eigenvalue weighted by Gasteiger charge is 2.12. The molecule has 0 saturated carbocycles. The summed E-state index contributed by atoms with van der Waals surface area (Å²) in [4.78, 5) is 18.2. The largest absolute Gasteiger partial charge is 0.397 e. The van der Waals surface area contributed by atoms with Gasteiger partial charge in [0.2, 0.25) is 0 Å². The number of hydrogen-bond donors (Lipinski definition) is 2. The van der Waals surface area contributed by atoms with Gasteiger partial charge >= 0.3 is 0 Å². The van der Waals surface area contributed by atoms with Crippen molar-refractivity contribution >= 4 is 23.4 Å². The van der Waals surface area contributed by atoms with Gasteiger partial charge in [0.15, 0.2) is 5.69 Å². The Morgan fingerprint density at radius 2 is 2.28 bits per heavy atom. The van der Waals surface area contributed by atoms with Crippen LogP contribution in [0.2, 0.25) is 0 Å². The molecule has 1 aromatic rings. The summed E-state index contributed by atoms with van der Waals surface area (Å²) in [5, 5.41) is 2.86. The molecule has 6 heteroatoms. The number of hydrogen-bond acceptors (Lipinski definition) is 5. The molecule has 18 heavy (non-hydrogen) atoms. The number of carbonyl (C=O) groups is 1. The Labute approximate surface area is 111 Å². The van der Waals surface area contributed by atoms with E-state index in [9.17, 15) is 4.79 Å². The third kappa shape index (κ3) is 3.61. The van der Waals surface area contributed by atoms with E-state index in [0.29, 0.717) is 17.9 Å². The summed E-state index contributed by atoms with van der Waals surface area (Å²) >= 11 is 1.98. The van der Waals surface area contributed by atoms with E-state index in [4.69, 9.17) is 5.73 Å². The molecule has 0 unspecified atom stereocenters. The lowest BCUT2D eigenvalue weighted by Crippen LogP contribution is -2.39. The van der Waals surface area contributed by atoms with Crippen molar-refractivity contribution in [3.63, 3.8) is 0 Å². The van der Waals surface area contributed by atoms with Crippen LogP contribution in [-0.2, 0) is 0 Å². The normalized spacial score (nSPS) is 16.4. The molecule has 1 aliphatic heterocycles. The molecule has 3 N–H and O–H groups in total. The van der Waals surface area contributed by atoms with E-state index in [2.05, 4.69) is 15.2 Å². The molecule has 1 aromatic heterocycles. The predicted molar refractivity (Wildman–Crippen MR) is 74.7 cm³/mol. The average molecular weight is 266 g/mol. The molecule has 1 aliphatic rings. The summed E-state index contributed by atoms with van der Waals surface area (Å²) in [6, 6.07) is 3.40. The van der Waals surface area contributed by atoms with E-state index >= 15 is 0 Å². The van der Waals surface area contributed by atoms with Crippen molar-refractivity contribution in [3.05, 3.63) is 24.0 Å². The van der Waals surface area contributed by atoms with E-state index in [-0.39, 0.29) is 5.91 Å². The Kier molecular flexibility index (Phi) is 4.83. The number of thioether (sulfide) groups is 1. The molecule has 1 saturated heterocycles. The number of rotatable bonds is 4. The van der Waals surface area contributed by atoms with Crippen molar-refractivity contribution in [1.82, 2.24) is 15.2 Å². The molecular formula is C12H18N4OS. The fourth-order valence-electron chi connectivity index (χ4n) is 1.84. The number of pyridine rings is 1. The quantitative estimate of drug-likeness (QED) is 0.827. The molecule has 0 aliphatic carbocycles. The van der Waals surface area contributed by atoms with Crippen molar-refractivity contribution < 1.29 is 4.79 Å². The molecule has 0 bridgehead atoms. The second kappa shape index (κ2) is 6.61. The lowest BCUT2D eigenvalue weighted by molar-refractivity contribution is 0.0945. The van der Waals surface area contributed by atoms with Crippen LogP contribution in [0.4, 0.5) is 5.69 Å². The van der Waals surface area contributed by atoms with Crippen LogP contribution in [0.3, 0.4) is 0 Å². The Bertz CT molecular complexity index is 407. The summed E-state index contributed by atoms with van der Waals surface area (Å²) in [7, 11) is 0. The standard InChI is InChI=1S/C12H18N4OS/c13-10-2-1-3-14-11(10)12(17)15-4-5-16-6-8-18-9-7-16/h1-3H,4-9,13H2,(H,15,17). The molecule has 1 fully saturated rings. The molecule has 2 heterocycles. The third-order valence-electron chi connectivity index (χ3n) is 2.87. The van der Waals surface area contributed by atoms with Gasteiger partial charge in [-0.2, -0.15) is 11.8 Å². The van der Waals surface area contributed by atoms with Gasteiger partial charge in [0.25, 0.3) is 5.91 Å². The van der Waals surface area contributed by atoms with Crippen LogP contribution in [0.1, 0.15) is 10.5 Å². The molecule has 1 amide bonds. The number of nitrogens with two attached hydrogens (primary N) is 1. The number of nitrogens with one attached hydrogen (secondary N) is 1. The highest BCUT2D eigenvalue weighted by atomic mass is 32.2. The first-order chi connectivity index (χ1) is 8.77. The van der Waals surface area contributed by atoms with Gasteiger partial charge in [0, 0.05) is 43.9 Å². The lowest BCUT2D eigenvalue weighted by atomic mass is 10.3. The van der Waals surface area contributed by atoms with Gasteiger partial charge < -0.3 is 11.1 Å². The first kappa shape index (κ1) is 13.2. The maximum absolute atomic E-state index is 11.8. The number of nitrogens with zero attached hydrogens (tertiary/aromatic N) is 2. The number of carbonyl (C=O) groups excluding carboxylic acids is 1. The molecular weight excluding hydrogens is 248 g/mol. The van der Waals surface area contributed by atoms with Gasteiger partial charge in [-0.05, 0) is 12.1 Å². The van der Waals surface area contributed by atoms with Gasteiger partial charge in [-0.1, -0.05) is 0 Å². The summed E-state index contributed by atoms with van der Waals surface area (Å²) in [5.41, 5.74) is 6.43. The molecule has 0 radical (unpaired) electrons. The maximum Gasteiger partial charge on any atom is 0.272 e. The smallest absolute Gasteiger partial charge is 0.272 e. The third-order valence-corrected chi connectivity index (χ3v) is 3.81. The zero-order chi connectivity index (χ0) is 12.8. The minimum atomic E-state index is -0.195. The van der Waals surface area contributed by atoms with Crippen LogP contribution >= 0.6 is 11.8 Å². The van der Waals surface area contributed by atoms with Crippen molar-refractivity contribution in [2.24, 2.45) is 0 Å². The van der Waals surface area contributed by atoms with Crippen LogP contribution in [0.25, 0.3) is 0 Å². The molecule has 0 aromatic carbocycles. The van der Waals surface area contributed by atoms with Crippen LogP contribution < -0.4 is 11.1 Å². The summed E-state index contributed by atoms with van der Waals surface area (Å²) in [6.45, 7) is 3.73. The van der Waals surface area contributed by atoms with Gasteiger partial charge in [0.05, 0.1) is 5.69 Å². The van der Waals surface area contributed by atoms with Crippen molar-refractivity contribution in [2.45, 2.75) is 0 Å². The van der Waals surface area contributed by atoms with Crippen molar-refractivity contribution in [3.8, 4) is 0 Å². The number of amides is 1. The van der Waals surface area contributed by atoms with E-state index in [1.165, 1.54) is 11.5 Å². The van der Waals surface area contributed by atoms with Crippen LogP contribution in [0, 0.1) is 0 Å². The first-order valence-corrected chi connectivity index (χ1v) is 7.21. The topological polar surface area (TPSA) is 71.2 Å². The van der Waals surface area contributed by atoms with Gasteiger partial charge in [-0.25, -0.2) is 4.98 Å². The monoisotopic (exact) mass is 266 g/mol. The van der Waals surface area contributed by atoms with Gasteiger partial charge in [0.1, 0.15) is 0 Å². The van der Waals surface area contributed by atoms with E-state index in [1.807, 2.05) is 11.8 Å². The molecule has 5 nitrogen and oxygen atoms in total. The van der Waals surface area contributed by atoms with Crippen LogP contribution in [0.5, 0.6) is 0 Å². The zero-order valence-corrected chi connectivity index (χ0v) is 11.1. The van der Waals surface area contributed by atoms with Crippen LogP contribution in [0.15, 0.2) is 18.3 Å². The van der Waals surface area contributed by atoms with Crippen molar-refractivity contribution in [1.29, 1.82) is 0 Å². The van der Waals surface area contributed by atoms with E-state index in [1.54, 1.807) is 18.3 Å². The predicted octanol–water partition coefficient (Wildman–Crippen LogP) is 0.442. The summed E-state index contributed by atoms with van der Waals surface area (Å²) < 4.78 is 0. The van der Waals surface area contributed by atoms with Crippen LogP contribution in [-0.4, -0.2) is 53.5 Å². The number of anilines is 1. The highest BCUT2D eigenvalue weighted by molar-refractivity contribution is 7.99. The van der Waals surface area contributed by atoms with E-state index in [0.717, 1.165) is 19.6 Å². The lowest BCUT2D eigenvalue weighted by Gasteiger charge is -2.25. The fraction of sp³-hybridized carbons (Fsp3) is 0.500. The fourth-order valence-corrected chi connectivity index (χ4v) is 2.82. The Balaban J connectivity index is 1.76. The number of aromatic nitrogens is 1. The Hall–Kier alpha value is -1.27. The SMILES string of the molecule is Nc1cccnc1C(=O)NCCN1CCSCC1. The minimum Gasteiger partial charge on any atom is -0.397 e. The second-order valence-corrected chi connectivity index (χ2v) is 5.38. The van der Waals surface area contributed by atoms with Gasteiger partial charge in [-0.15, -0.1) is 0 Å². The molecule has 0 spiro atoms. The number of nitrogen functional groups attached to an aromatic ring is 1. The highest BCUT2D eigenvalue weighted by Crippen LogP contribution is 2.08.